The Bertz CT molecular complexity index is 496. The highest BCUT2D eigenvalue weighted by molar-refractivity contribution is 8.00. The van der Waals surface area contributed by atoms with Crippen LogP contribution < -0.4 is 4.74 Å². The smallest absolute Gasteiger partial charge is 0.148 e. The number of rotatable bonds is 6. The SMILES string of the molecule is COc1c(C)cnc(CC(=O)CSC2CCCCC2)c1C. The normalized spacial score (nSPS) is 16.0. The first-order valence-electron chi connectivity index (χ1n) is 7.74. The van der Waals surface area contributed by atoms with E-state index in [1.165, 1.54) is 32.1 Å². The molecule has 0 unspecified atom stereocenters. The Balaban J connectivity index is 1.90. The van der Waals surface area contributed by atoms with E-state index < -0.39 is 0 Å². The number of nitrogens with zero attached hydrogens (tertiary/aromatic N) is 1. The first-order chi connectivity index (χ1) is 10.1. The molecule has 1 saturated carbocycles. The van der Waals surface area contributed by atoms with Crippen LogP contribution in [0.25, 0.3) is 0 Å². The van der Waals surface area contributed by atoms with Crippen LogP contribution in [-0.2, 0) is 11.2 Å². The Morgan fingerprint density at radius 2 is 2.05 bits per heavy atom. The number of aryl methyl sites for hydroxylation is 1. The Morgan fingerprint density at radius 1 is 1.33 bits per heavy atom. The van der Waals surface area contributed by atoms with Gasteiger partial charge in [0.05, 0.1) is 18.6 Å². The fraction of sp³-hybridized carbons (Fsp3) is 0.647. The molecule has 1 aromatic rings. The Kier molecular flexibility index (Phi) is 6.09. The van der Waals surface area contributed by atoms with Crippen LogP contribution in [-0.4, -0.2) is 28.9 Å². The molecular formula is C17H25NO2S. The third-order valence-electron chi connectivity index (χ3n) is 4.15. The molecule has 3 nitrogen and oxygen atoms in total. The summed E-state index contributed by atoms with van der Waals surface area (Å²) in [5, 5.41) is 0.685. The summed E-state index contributed by atoms with van der Waals surface area (Å²) in [6, 6.07) is 0. The van der Waals surface area contributed by atoms with Crippen LogP contribution in [0.3, 0.4) is 0 Å². The molecule has 1 fully saturated rings. The summed E-state index contributed by atoms with van der Waals surface area (Å²) in [7, 11) is 1.67. The zero-order valence-electron chi connectivity index (χ0n) is 13.3. The number of aromatic nitrogens is 1. The molecule has 0 saturated heterocycles. The third kappa shape index (κ3) is 4.47. The molecule has 1 aliphatic carbocycles. The van der Waals surface area contributed by atoms with Crippen LogP contribution in [0.1, 0.15) is 48.9 Å². The number of ketones is 1. The van der Waals surface area contributed by atoms with Crippen LogP contribution in [0.5, 0.6) is 5.75 Å². The van der Waals surface area contributed by atoms with Crippen molar-refractivity contribution in [2.45, 2.75) is 57.6 Å². The van der Waals surface area contributed by atoms with Gasteiger partial charge in [0.1, 0.15) is 11.5 Å². The van der Waals surface area contributed by atoms with E-state index in [4.69, 9.17) is 4.74 Å². The van der Waals surface area contributed by atoms with E-state index in [0.29, 0.717) is 17.4 Å². The summed E-state index contributed by atoms with van der Waals surface area (Å²) < 4.78 is 5.40. The molecule has 0 radical (unpaired) electrons. The molecule has 1 heterocycles. The first-order valence-corrected chi connectivity index (χ1v) is 8.79. The second-order valence-corrected chi connectivity index (χ2v) is 7.12. The lowest BCUT2D eigenvalue weighted by molar-refractivity contribution is -0.116. The summed E-state index contributed by atoms with van der Waals surface area (Å²) in [4.78, 5) is 16.6. The molecule has 0 aromatic carbocycles. The fourth-order valence-electron chi connectivity index (χ4n) is 2.93. The van der Waals surface area contributed by atoms with Crippen LogP contribution in [0, 0.1) is 13.8 Å². The molecular weight excluding hydrogens is 282 g/mol. The maximum atomic E-state index is 12.2. The van der Waals surface area contributed by atoms with Gasteiger partial charge in [-0.15, -0.1) is 0 Å². The maximum Gasteiger partial charge on any atom is 0.148 e. The second-order valence-electron chi connectivity index (χ2n) is 5.83. The zero-order valence-corrected chi connectivity index (χ0v) is 14.1. The standard InChI is InChI=1S/C17H25NO2S/c1-12-10-18-16(13(2)17(12)20-3)9-14(19)11-21-15-7-5-4-6-8-15/h10,15H,4-9,11H2,1-3H3. The lowest BCUT2D eigenvalue weighted by Gasteiger charge is -2.20. The molecule has 0 bridgehead atoms. The number of carbonyl (C=O) groups excluding carboxylic acids is 1. The van der Waals surface area contributed by atoms with Gasteiger partial charge in [-0.05, 0) is 26.7 Å². The predicted molar refractivity (Wildman–Crippen MR) is 88.3 cm³/mol. The average molecular weight is 307 g/mol. The molecule has 1 aliphatic rings. The Hall–Kier alpha value is -1.03. The number of Topliss-reactive ketones (excluding diaryl/α,β-unsaturated/α-hetero) is 1. The van der Waals surface area contributed by atoms with E-state index in [-0.39, 0.29) is 5.78 Å². The van der Waals surface area contributed by atoms with E-state index in [1.807, 2.05) is 25.6 Å². The van der Waals surface area contributed by atoms with E-state index in [9.17, 15) is 4.79 Å². The largest absolute Gasteiger partial charge is 0.496 e. The van der Waals surface area contributed by atoms with E-state index in [2.05, 4.69) is 4.98 Å². The van der Waals surface area contributed by atoms with Crippen molar-refractivity contribution >= 4 is 17.5 Å². The minimum atomic E-state index is 0.270. The molecule has 0 spiro atoms. The lowest BCUT2D eigenvalue weighted by atomic mass is 10.0. The van der Waals surface area contributed by atoms with Crippen molar-refractivity contribution in [3.63, 3.8) is 0 Å². The Labute approximate surface area is 131 Å². The van der Waals surface area contributed by atoms with Crippen LogP contribution in [0.2, 0.25) is 0 Å². The lowest BCUT2D eigenvalue weighted by Crippen LogP contribution is -2.14. The van der Waals surface area contributed by atoms with Crippen molar-refractivity contribution in [3.8, 4) is 5.75 Å². The van der Waals surface area contributed by atoms with Crippen molar-refractivity contribution in [1.29, 1.82) is 0 Å². The minimum Gasteiger partial charge on any atom is -0.496 e. The van der Waals surface area contributed by atoms with Gasteiger partial charge in [0.2, 0.25) is 0 Å². The van der Waals surface area contributed by atoms with Gasteiger partial charge in [-0.25, -0.2) is 0 Å². The number of thioether (sulfide) groups is 1. The molecule has 0 aliphatic heterocycles. The van der Waals surface area contributed by atoms with Crippen molar-refractivity contribution in [2.75, 3.05) is 12.9 Å². The monoisotopic (exact) mass is 307 g/mol. The number of ether oxygens (including phenoxy) is 1. The highest BCUT2D eigenvalue weighted by Crippen LogP contribution is 2.29. The number of methoxy groups -OCH3 is 1. The van der Waals surface area contributed by atoms with Crippen molar-refractivity contribution in [1.82, 2.24) is 4.98 Å². The summed E-state index contributed by atoms with van der Waals surface area (Å²) in [6.07, 6.45) is 8.76. The number of hydrogen-bond acceptors (Lipinski definition) is 4. The van der Waals surface area contributed by atoms with Crippen LogP contribution in [0.15, 0.2) is 6.20 Å². The minimum absolute atomic E-state index is 0.270. The summed E-state index contributed by atoms with van der Waals surface area (Å²) in [5.41, 5.74) is 2.86. The van der Waals surface area contributed by atoms with Gasteiger partial charge in [0.25, 0.3) is 0 Å². The van der Waals surface area contributed by atoms with Crippen molar-refractivity contribution < 1.29 is 9.53 Å². The van der Waals surface area contributed by atoms with E-state index >= 15 is 0 Å². The van der Waals surface area contributed by atoms with Gasteiger partial charge in [0, 0.05) is 29.0 Å². The fourth-order valence-corrected chi connectivity index (χ4v) is 4.12. The molecule has 1 aromatic heterocycles. The van der Waals surface area contributed by atoms with Crippen LogP contribution >= 0.6 is 11.8 Å². The zero-order chi connectivity index (χ0) is 15.2. The second kappa shape index (κ2) is 7.83. The van der Waals surface area contributed by atoms with Gasteiger partial charge in [-0.1, -0.05) is 19.3 Å². The summed E-state index contributed by atoms with van der Waals surface area (Å²) >= 11 is 1.84. The number of carbonyl (C=O) groups is 1. The van der Waals surface area contributed by atoms with Gasteiger partial charge in [-0.2, -0.15) is 11.8 Å². The molecule has 4 heteroatoms. The molecule has 2 rings (SSSR count). The average Bonchev–Trinajstić information content (AvgIpc) is 2.50. The highest BCUT2D eigenvalue weighted by Gasteiger charge is 2.17. The number of pyridine rings is 1. The number of hydrogen-bond donors (Lipinski definition) is 0. The molecule has 21 heavy (non-hydrogen) atoms. The topological polar surface area (TPSA) is 39.2 Å². The quantitative estimate of drug-likeness (QED) is 0.799. The van der Waals surface area contributed by atoms with Crippen molar-refractivity contribution in [2.24, 2.45) is 0 Å². The van der Waals surface area contributed by atoms with E-state index in [0.717, 1.165) is 22.6 Å². The predicted octanol–water partition coefficient (Wildman–Crippen LogP) is 3.88. The first kappa shape index (κ1) is 16.3. The molecule has 0 atom stereocenters. The van der Waals surface area contributed by atoms with Gasteiger partial charge >= 0.3 is 0 Å². The summed E-state index contributed by atoms with van der Waals surface area (Å²) in [5.74, 6) is 1.74. The molecule has 116 valence electrons. The van der Waals surface area contributed by atoms with E-state index in [1.54, 1.807) is 13.3 Å². The molecule has 0 N–H and O–H groups in total. The van der Waals surface area contributed by atoms with Gasteiger partial charge in [0.15, 0.2) is 0 Å². The Morgan fingerprint density at radius 3 is 2.71 bits per heavy atom. The van der Waals surface area contributed by atoms with Crippen LogP contribution in [0.4, 0.5) is 0 Å². The van der Waals surface area contributed by atoms with Crippen molar-refractivity contribution in [3.05, 3.63) is 23.0 Å². The molecule has 0 amide bonds. The third-order valence-corrected chi connectivity index (χ3v) is 5.58. The van der Waals surface area contributed by atoms with Gasteiger partial charge < -0.3 is 4.74 Å². The van der Waals surface area contributed by atoms with Gasteiger partial charge in [-0.3, -0.25) is 9.78 Å². The highest BCUT2D eigenvalue weighted by atomic mass is 32.2. The summed E-state index contributed by atoms with van der Waals surface area (Å²) in [6.45, 7) is 3.96. The maximum absolute atomic E-state index is 12.2.